The van der Waals surface area contributed by atoms with Gasteiger partial charge in [-0.05, 0) is 57.4 Å². The van der Waals surface area contributed by atoms with E-state index in [9.17, 15) is 13.5 Å². The molecular weight excluding hydrogens is 236 g/mol. The number of hydrogen-bond donors (Lipinski definition) is 1. The van der Waals surface area contributed by atoms with Crippen molar-refractivity contribution in [3.8, 4) is 0 Å². The van der Waals surface area contributed by atoms with E-state index in [0.717, 1.165) is 16.7 Å². The summed E-state index contributed by atoms with van der Waals surface area (Å²) in [7, 11) is -3.51. The third kappa shape index (κ3) is 2.38. The van der Waals surface area contributed by atoms with E-state index >= 15 is 0 Å². The molecule has 0 spiro atoms. The molecular formula is C13H20O3S. The van der Waals surface area contributed by atoms with Gasteiger partial charge in [0.05, 0.1) is 16.2 Å². The highest BCUT2D eigenvalue weighted by Crippen LogP contribution is 2.29. The highest BCUT2D eigenvalue weighted by Gasteiger charge is 2.36. The Morgan fingerprint density at radius 1 is 1.06 bits per heavy atom. The SMILES string of the molecule is Cc1cc(C)c(S(=O)(=O)C(C)(C)CO)cc1C. The number of benzene rings is 1. The molecule has 0 aliphatic carbocycles. The van der Waals surface area contributed by atoms with E-state index in [1.165, 1.54) is 13.8 Å². The van der Waals surface area contributed by atoms with Crippen LogP contribution >= 0.6 is 0 Å². The first kappa shape index (κ1) is 14.2. The third-order valence-electron chi connectivity index (χ3n) is 3.19. The van der Waals surface area contributed by atoms with Crippen molar-refractivity contribution in [1.29, 1.82) is 0 Å². The van der Waals surface area contributed by atoms with Crippen molar-refractivity contribution in [2.24, 2.45) is 0 Å². The molecule has 0 atom stereocenters. The first-order valence-corrected chi connectivity index (χ1v) is 7.05. The summed E-state index contributed by atoms with van der Waals surface area (Å²) in [5.41, 5.74) is 2.75. The quantitative estimate of drug-likeness (QED) is 0.901. The van der Waals surface area contributed by atoms with Crippen LogP contribution in [-0.2, 0) is 9.84 Å². The molecule has 0 saturated heterocycles. The van der Waals surface area contributed by atoms with Crippen LogP contribution in [-0.4, -0.2) is 24.9 Å². The largest absolute Gasteiger partial charge is 0.395 e. The van der Waals surface area contributed by atoms with Gasteiger partial charge in [0, 0.05) is 0 Å². The van der Waals surface area contributed by atoms with Gasteiger partial charge in [-0.25, -0.2) is 8.42 Å². The minimum absolute atomic E-state index is 0.319. The summed E-state index contributed by atoms with van der Waals surface area (Å²) in [5, 5.41) is 9.23. The topological polar surface area (TPSA) is 54.4 Å². The molecule has 96 valence electrons. The molecule has 0 aliphatic rings. The summed E-state index contributed by atoms with van der Waals surface area (Å²) in [6, 6.07) is 3.56. The Bertz CT molecular complexity index is 528. The standard InChI is InChI=1S/C13H20O3S/c1-9-6-11(3)12(7-10(9)2)17(15,16)13(4,5)8-14/h6-7,14H,8H2,1-5H3. The molecule has 0 radical (unpaired) electrons. The van der Waals surface area contributed by atoms with Crippen molar-refractivity contribution in [3.05, 3.63) is 28.8 Å². The zero-order valence-corrected chi connectivity index (χ0v) is 11.9. The van der Waals surface area contributed by atoms with Crippen LogP contribution < -0.4 is 0 Å². The molecule has 0 aromatic heterocycles. The van der Waals surface area contributed by atoms with Crippen molar-refractivity contribution in [3.63, 3.8) is 0 Å². The second-order valence-corrected chi connectivity index (χ2v) is 7.68. The molecule has 1 rings (SSSR count). The molecule has 0 saturated carbocycles. The van der Waals surface area contributed by atoms with Crippen molar-refractivity contribution < 1.29 is 13.5 Å². The van der Waals surface area contributed by atoms with Gasteiger partial charge < -0.3 is 5.11 Å². The summed E-state index contributed by atoms with van der Waals surface area (Å²) >= 11 is 0. The molecule has 3 nitrogen and oxygen atoms in total. The summed E-state index contributed by atoms with van der Waals surface area (Å²) in [6.07, 6.45) is 0. The Balaban J connectivity index is 3.50. The minimum atomic E-state index is -3.51. The van der Waals surface area contributed by atoms with Gasteiger partial charge in [0.25, 0.3) is 0 Å². The van der Waals surface area contributed by atoms with E-state index in [2.05, 4.69) is 0 Å². The molecule has 17 heavy (non-hydrogen) atoms. The predicted molar refractivity (Wildman–Crippen MR) is 69.0 cm³/mol. The predicted octanol–water partition coefficient (Wildman–Crippen LogP) is 2.16. The fourth-order valence-electron chi connectivity index (χ4n) is 1.61. The Morgan fingerprint density at radius 3 is 2.00 bits per heavy atom. The maximum Gasteiger partial charge on any atom is 0.186 e. The Labute approximate surface area is 103 Å². The molecule has 0 amide bonds. The van der Waals surface area contributed by atoms with E-state index in [1.54, 1.807) is 13.0 Å². The summed E-state index contributed by atoms with van der Waals surface area (Å²) in [6.45, 7) is 8.32. The van der Waals surface area contributed by atoms with Crippen molar-refractivity contribution in [2.75, 3.05) is 6.61 Å². The number of sulfone groups is 1. The summed E-state index contributed by atoms with van der Waals surface area (Å²) < 4.78 is 23.7. The molecule has 1 aromatic rings. The summed E-state index contributed by atoms with van der Waals surface area (Å²) in [5.74, 6) is 0. The molecule has 1 aromatic carbocycles. The lowest BCUT2D eigenvalue weighted by Gasteiger charge is -2.23. The van der Waals surface area contributed by atoms with Gasteiger partial charge in [-0.2, -0.15) is 0 Å². The van der Waals surface area contributed by atoms with E-state index in [0.29, 0.717) is 4.90 Å². The maximum atomic E-state index is 12.4. The number of hydrogen-bond acceptors (Lipinski definition) is 3. The van der Waals surface area contributed by atoms with Gasteiger partial charge in [-0.3, -0.25) is 0 Å². The minimum Gasteiger partial charge on any atom is -0.395 e. The van der Waals surface area contributed by atoms with Crippen LogP contribution in [0.3, 0.4) is 0 Å². The molecule has 1 N–H and O–H groups in total. The van der Waals surface area contributed by atoms with Crippen molar-refractivity contribution >= 4 is 9.84 Å². The van der Waals surface area contributed by atoms with Crippen LogP contribution in [0, 0.1) is 20.8 Å². The van der Waals surface area contributed by atoms with Crippen molar-refractivity contribution in [2.45, 2.75) is 44.3 Å². The molecule has 0 aliphatic heterocycles. The lowest BCUT2D eigenvalue weighted by molar-refractivity contribution is 0.258. The Kier molecular flexibility index (Phi) is 3.69. The monoisotopic (exact) mass is 256 g/mol. The smallest absolute Gasteiger partial charge is 0.186 e. The Morgan fingerprint density at radius 2 is 1.53 bits per heavy atom. The zero-order valence-electron chi connectivity index (χ0n) is 11.0. The van der Waals surface area contributed by atoms with Crippen LogP contribution in [0.5, 0.6) is 0 Å². The summed E-state index contributed by atoms with van der Waals surface area (Å²) in [4.78, 5) is 0.319. The van der Waals surface area contributed by atoms with Crippen LogP contribution in [0.2, 0.25) is 0 Å². The third-order valence-corrected chi connectivity index (χ3v) is 5.79. The van der Waals surface area contributed by atoms with Crippen LogP contribution in [0.4, 0.5) is 0 Å². The average Bonchev–Trinajstić information content (AvgIpc) is 2.22. The van der Waals surface area contributed by atoms with Gasteiger partial charge in [0.15, 0.2) is 9.84 Å². The average molecular weight is 256 g/mol. The zero-order chi connectivity index (χ0) is 13.4. The van der Waals surface area contributed by atoms with Gasteiger partial charge in [0.2, 0.25) is 0 Å². The maximum absolute atomic E-state index is 12.4. The number of aliphatic hydroxyl groups excluding tert-OH is 1. The van der Waals surface area contributed by atoms with E-state index in [4.69, 9.17) is 0 Å². The van der Waals surface area contributed by atoms with E-state index in [1.807, 2.05) is 19.9 Å². The highest BCUT2D eigenvalue weighted by atomic mass is 32.2. The van der Waals surface area contributed by atoms with Crippen LogP contribution in [0.1, 0.15) is 30.5 Å². The van der Waals surface area contributed by atoms with Gasteiger partial charge in [-0.15, -0.1) is 0 Å². The number of aliphatic hydroxyl groups is 1. The van der Waals surface area contributed by atoms with E-state index < -0.39 is 14.6 Å². The number of rotatable bonds is 3. The second-order valence-electron chi connectivity index (χ2n) is 5.12. The van der Waals surface area contributed by atoms with Gasteiger partial charge >= 0.3 is 0 Å². The molecule has 0 unspecified atom stereocenters. The fraction of sp³-hybridized carbons (Fsp3) is 0.538. The van der Waals surface area contributed by atoms with Gasteiger partial charge in [-0.1, -0.05) is 6.07 Å². The van der Waals surface area contributed by atoms with Crippen LogP contribution in [0.15, 0.2) is 17.0 Å². The Hall–Kier alpha value is -0.870. The highest BCUT2D eigenvalue weighted by molar-refractivity contribution is 7.92. The molecule has 4 heteroatoms. The molecule has 0 fully saturated rings. The fourth-order valence-corrected chi connectivity index (χ4v) is 3.19. The lowest BCUT2D eigenvalue weighted by Crippen LogP contribution is -2.36. The van der Waals surface area contributed by atoms with E-state index in [-0.39, 0.29) is 6.61 Å². The first-order valence-electron chi connectivity index (χ1n) is 5.57. The molecule has 0 bridgehead atoms. The second kappa shape index (κ2) is 4.42. The van der Waals surface area contributed by atoms with Crippen LogP contribution in [0.25, 0.3) is 0 Å². The number of aryl methyl sites for hydroxylation is 3. The normalized spacial score (nSPS) is 12.8. The molecule has 0 heterocycles. The lowest BCUT2D eigenvalue weighted by atomic mass is 10.1. The van der Waals surface area contributed by atoms with Crippen molar-refractivity contribution in [1.82, 2.24) is 0 Å². The first-order chi connectivity index (χ1) is 7.63. The van der Waals surface area contributed by atoms with Gasteiger partial charge in [0.1, 0.15) is 0 Å².